The summed E-state index contributed by atoms with van der Waals surface area (Å²) in [5.41, 5.74) is 0.736. The second kappa shape index (κ2) is 6.32. The summed E-state index contributed by atoms with van der Waals surface area (Å²) in [6.07, 6.45) is 0.548. The van der Waals surface area contributed by atoms with E-state index in [1.165, 1.54) is 0 Å². The van der Waals surface area contributed by atoms with Crippen LogP contribution in [0.5, 0.6) is 0 Å². The van der Waals surface area contributed by atoms with Crippen molar-refractivity contribution in [2.24, 2.45) is 0 Å². The van der Waals surface area contributed by atoms with Gasteiger partial charge < -0.3 is 4.74 Å². The van der Waals surface area contributed by atoms with E-state index in [0.29, 0.717) is 17.5 Å². The summed E-state index contributed by atoms with van der Waals surface area (Å²) in [6, 6.07) is 7.48. The number of benzene rings is 1. The number of hydrogen-bond donors (Lipinski definition) is 0. The lowest BCUT2D eigenvalue weighted by Crippen LogP contribution is -2.44. The Morgan fingerprint density at radius 3 is 2.83 bits per heavy atom. The van der Waals surface area contributed by atoms with Crippen molar-refractivity contribution in [1.82, 2.24) is 4.90 Å². The number of nitrogens with zero attached hydrogens (tertiary/aromatic N) is 1. The molecule has 0 spiro atoms. The van der Waals surface area contributed by atoms with Crippen molar-refractivity contribution in [1.29, 1.82) is 0 Å². The summed E-state index contributed by atoms with van der Waals surface area (Å²) >= 11 is 5.80. The van der Waals surface area contributed by atoms with E-state index in [4.69, 9.17) is 16.3 Å². The fraction of sp³-hybridized carbons (Fsp3) is 0.500. The van der Waals surface area contributed by atoms with Crippen LogP contribution in [0.15, 0.2) is 24.3 Å². The number of ether oxygens (including phenoxy) is 1. The highest BCUT2D eigenvalue weighted by molar-refractivity contribution is 6.30. The van der Waals surface area contributed by atoms with Crippen molar-refractivity contribution in [2.45, 2.75) is 19.4 Å². The van der Waals surface area contributed by atoms with Gasteiger partial charge in [-0.25, -0.2) is 0 Å². The van der Waals surface area contributed by atoms with Crippen LogP contribution in [0.4, 0.5) is 0 Å². The minimum absolute atomic E-state index is 0.172. The highest BCUT2D eigenvalue weighted by Gasteiger charge is 2.19. The van der Waals surface area contributed by atoms with Gasteiger partial charge in [0.15, 0.2) is 5.78 Å². The summed E-state index contributed by atoms with van der Waals surface area (Å²) in [4.78, 5) is 14.3. The topological polar surface area (TPSA) is 29.5 Å². The van der Waals surface area contributed by atoms with Crippen LogP contribution in [0.2, 0.25) is 5.02 Å². The first-order chi connectivity index (χ1) is 8.66. The van der Waals surface area contributed by atoms with Crippen molar-refractivity contribution in [2.75, 3.05) is 26.3 Å². The molecule has 3 nitrogen and oxygen atoms in total. The quantitative estimate of drug-likeness (QED) is 0.786. The zero-order valence-corrected chi connectivity index (χ0v) is 11.3. The number of hydrogen-bond acceptors (Lipinski definition) is 3. The van der Waals surface area contributed by atoms with Gasteiger partial charge in [-0.1, -0.05) is 11.6 Å². The van der Waals surface area contributed by atoms with Gasteiger partial charge in [0, 0.05) is 36.1 Å². The van der Waals surface area contributed by atoms with Crippen LogP contribution in [-0.2, 0) is 4.74 Å². The summed E-state index contributed by atoms with van der Waals surface area (Å²) in [5.74, 6) is 0.172. The summed E-state index contributed by atoms with van der Waals surface area (Å²) < 4.78 is 5.38. The first-order valence-electron chi connectivity index (χ1n) is 6.27. The lowest BCUT2D eigenvalue weighted by molar-refractivity contribution is -0.000208. The average Bonchev–Trinajstić information content (AvgIpc) is 2.38. The van der Waals surface area contributed by atoms with Crippen LogP contribution in [0.1, 0.15) is 23.7 Å². The number of halogens is 1. The fourth-order valence-electron chi connectivity index (χ4n) is 2.12. The number of Topliss-reactive ketones (excluding diaryl/α,β-unsaturated/α-hetero) is 1. The number of rotatable bonds is 4. The molecule has 1 saturated heterocycles. The van der Waals surface area contributed by atoms with Gasteiger partial charge in [-0.05, 0) is 31.2 Å². The Labute approximate surface area is 113 Å². The third-order valence-electron chi connectivity index (χ3n) is 3.30. The van der Waals surface area contributed by atoms with Crippen LogP contribution in [0, 0.1) is 0 Å². The Kier molecular flexibility index (Phi) is 4.75. The largest absolute Gasteiger partial charge is 0.379 e. The van der Waals surface area contributed by atoms with E-state index in [2.05, 4.69) is 11.8 Å². The molecule has 0 amide bonds. The average molecular weight is 268 g/mol. The molecule has 1 heterocycles. The standard InChI is InChI=1S/C14H18ClNO2/c1-11-10-18-9-8-16(11)7-6-14(17)12-2-4-13(15)5-3-12/h2-5,11H,6-10H2,1H3. The minimum Gasteiger partial charge on any atom is -0.379 e. The lowest BCUT2D eigenvalue weighted by atomic mass is 10.1. The second-order valence-corrected chi connectivity index (χ2v) is 5.08. The van der Waals surface area contributed by atoms with Gasteiger partial charge in [0.25, 0.3) is 0 Å². The van der Waals surface area contributed by atoms with Crippen LogP contribution >= 0.6 is 11.6 Å². The minimum atomic E-state index is 0.172. The van der Waals surface area contributed by atoms with Crippen molar-refractivity contribution in [3.8, 4) is 0 Å². The van der Waals surface area contributed by atoms with Crippen molar-refractivity contribution in [3.63, 3.8) is 0 Å². The lowest BCUT2D eigenvalue weighted by Gasteiger charge is -2.32. The molecular weight excluding hydrogens is 250 g/mol. The van der Waals surface area contributed by atoms with Gasteiger partial charge in [-0.3, -0.25) is 9.69 Å². The molecule has 1 aromatic carbocycles. The summed E-state index contributed by atoms with van der Waals surface area (Å²) in [6.45, 7) is 5.36. The zero-order valence-electron chi connectivity index (χ0n) is 10.6. The third-order valence-corrected chi connectivity index (χ3v) is 3.55. The van der Waals surface area contributed by atoms with Crippen LogP contribution in [0.3, 0.4) is 0 Å². The molecule has 0 saturated carbocycles. The van der Waals surface area contributed by atoms with E-state index in [1.807, 2.05) is 0 Å². The van der Waals surface area contributed by atoms with Crippen LogP contribution in [0.25, 0.3) is 0 Å². The molecule has 1 aliphatic heterocycles. The predicted octanol–water partition coefficient (Wildman–Crippen LogP) is 2.63. The molecule has 0 aromatic heterocycles. The molecule has 98 valence electrons. The maximum atomic E-state index is 12.0. The van der Waals surface area contributed by atoms with E-state index in [9.17, 15) is 4.79 Å². The Hall–Kier alpha value is -0.900. The monoisotopic (exact) mass is 267 g/mol. The molecule has 0 radical (unpaired) electrons. The number of ketones is 1. The highest BCUT2D eigenvalue weighted by Crippen LogP contribution is 2.12. The fourth-order valence-corrected chi connectivity index (χ4v) is 2.24. The van der Waals surface area contributed by atoms with E-state index < -0.39 is 0 Å². The molecular formula is C14H18ClNO2. The molecule has 1 atom stereocenters. The maximum absolute atomic E-state index is 12.0. The molecule has 18 heavy (non-hydrogen) atoms. The molecule has 0 bridgehead atoms. The van der Waals surface area contributed by atoms with Crippen molar-refractivity contribution < 1.29 is 9.53 Å². The molecule has 1 aliphatic rings. The Morgan fingerprint density at radius 1 is 1.44 bits per heavy atom. The molecule has 0 N–H and O–H groups in total. The van der Waals surface area contributed by atoms with E-state index in [-0.39, 0.29) is 5.78 Å². The summed E-state index contributed by atoms with van der Waals surface area (Å²) in [5, 5.41) is 0.661. The molecule has 1 unspecified atom stereocenters. The SMILES string of the molecule is CC1COCCN1CCC(=O)c1ccc(Cl)cc1. The normalized spacial score (nSPS) is 20.9. The van der Waals surface area contributed by atoms with Gasteiger partial charge in [0.05, 0.1) is 13.2 Å². The van der Waals surface area contributed by atoms with Gasteiger partial charge in [0.2, 0.25) is 0 Å². The van der Waals surface area contributed by atoms with Gasteiger partial charge >= 0.3 is 0 Å². The van der Waals surface area contributed by atoms with Crippen molar-refractivity contribution in [3.05, 3.63) is 34.9 Å². The van der Waals surface area contributed by atoms with E-state index in [1.54, 1.807) is 24.3 Å². The first-order valence-corrected chi connectivity index (χ1v) is 6.65. The van der Waals surface area contributed by atoms with Crippen LogP contribution in [-0.4, -0.2) is 43.0 Å². The highest BCUT2D eigenvalue weighted by atomic mass is 35.5. The molecule has 2 rings (SSSR count). The molecule has 4 heteroatoms. The predicted molar refractivity (Wildman–Crippen MR) is 72.3 cm³/mol. The van der Waals surface area contributed by atoms with E-state index in [0.717, 1.165) is 31.9 Å². The Morgan fingerprint density at radius 2 is 2.17 bits per heavy atom. The number of carbonyl (C=O) groups excluding carboxylic acids is 1. The Bertz CT molecular complexity index is 405. The van der Waals surface area contributed by atoms with E-state index >= 15 is 0 Å². The molecule has 1 aromatic rings. The van der Waals surface area contributed by atoms with Crippen molar-refractivity contribution >= 4 is 17.4 Å². The number of morpholine rings is 1. The zero-order chi connectivity index (χ0) is 13.0. The number of carbonyl (C=O) groups is 1. The Balaban J connectivity index is 1.86. The third kappa shape index (κ3) is 3.55. The molecule has 0 aliphatic carbocycles. The first kappa shape index (κ1) is 13.5. The van der Waals surface area contributed by atoms with Crippen LogP contribution < -0.4 is 0 Å². The van der Waals surface area contributed by atoms with Gasteiger partial charge in [0.1, 0.15) is 0 Å². The molecule has 1 fully saturated rings. The van der Waals surface area contributed by atoms with Gasteiger partial charge in [-0.2, -0.15) is 0 Å². The summed E-state index contributed by atoms with van der Waals surface area (Å²) in [7, 11) is 0. The van der Waals surface area contributed by atoms with Gasteiger partial charge in [-0.15, -0.1) is 0 Å². The maximum Gasteiger partial charge on any atom is 0.164 e. The second-order valence-electron chi connectivity index (χ2n) is 4.64. The smallest absolute Gasteiger partial charge is 0.164 e.